The van der Waals surface area contributed by atoms with E-state index in [0.717, 1.165) is 11.1 Å². The van der Waals surface area contributed by atoms with Crippen LogP contribution in [0.4, 0.5) is 0 Å². The van der Waals surface area contributed by atoms with E-state index in [2.05, 4.69) is 5.32 Å². The molecule has 0 aliphatic rings. The largest absolute Gasteiger partial charge is 0.449 e. The summed E-state index contributed by atoms with van der Waals surface area (Å²) in [5, 5.41) is 3.29. The van der Waals surface area contributed by atoms with Gasteiger partial charge in [-0.3, -0.25) is 4.79 Å². The van der Waals surface area contributed by atoms with Crippen molar-refractivity contribution >= 4 is 23.5 Å². The smallest absolute Gasteiger partial charge is 0.338 e. The van der Waals surface area contributed by atoms with Crippen molar-refractivity contribution in [2.75, 3.05) is 0 Å². The number of carbonyl (C=O) groups excluding carboxylic acids is 2. The first-order chi connectivity index (χ1) is 12.9. The number of hydrogen-bond acceptors (Lipinski definition) is 4. The van der Waals surface area contributed by atoms with Gasteiger partial charge in [0.05, 0.1) is 18.3 Å². The summed E-state index contributed by atoms with van der Waals surface area (Å²) in [6.07, 6.45) is -0.774. The molecule has 0 aromatic heterocycles. The van der Waals surface area contributed by atoms with Gasteiger partial charge in [-0.15, -0.1) is 0 Å². The third kappa shape index (κ3) is 6.70. The highest BCUT2D eigenvalue weighted by Gasteiger charge is 2.19. The molecule has 0 spiro atoms. The van der Waals surface area contributed by atoms with Crippen molar-refractivity contribution in [1.29, 1.82) is 0 Å². The lowest BCUT2D eigenvalue weighted by Crippen LogP contribution is -2.35. The zero-order valence-corrected chi connectivity index (χ0v) is 16.5. The Balaban J connectivity index is 1.85. The first kappa shape index (κ1) is 20.9. The Kier molecular flexibility index (Phi) is 7.82. The van der Waals surface area contributed by atoms with Crippen LogP contribution in [0.5, 0.6) is 0 Å². The van der Waals surface area contributed by atoms with Crippen molar-refractivity contribution in [3.8, 4) is 0 Å². The molecule has 0 aliphatic carbocycles. The predicted octanol–water partition coefficient (Wildman–Crippen LogP) is 4.13. The number of carbonyl (C=O) groups is 2. The fraction of sp³-hybridized carbons (Fsp3) is 0.333. The van der Waals surface area contributed by atoms with Crippen molar-refractivity contribution in [1.82, 2.24) is 5.32 Å². The third-order valence-electron chi connectivity index (χ3n) is 3.84. The lowest BCUT2D eigenvalue weighted by atomic mass is 10.1. The van der Waals surface area contributed by atoms with Crippen molar-refractivity contribution in [3.05, 3.63) is 70.2 Å². The lowest BCUT2D eigenvalue weighted by molar-refractivity contribution is -0.129. The van der Waals surface area contributed by atoms with Crippen LogP contribution in [0.2, 0.25) is 5.02 Å². The molecule has 2 rings (SSSR count). The van der Waals surface area contributed by atoms with Crippen molar-refractivity contribution in [2.24, 2.45) is 0 Å². The third-order valence-corrected chi connectivity index (χ3v) is 4.21. The number of amides is 1. The van der Waals surface area contributed by atoms with Gasteiger partial charge in [-0.25, -0.2) is 4.79 Å². The van der Waals surface area contributed by atoms with Crippen molar-refractivity contribution in [2.45, 2.75) is 46.1 Å². The predicted molar refractivity (Wildman–Crippen MR) is 105 cm³/mol. The van der Waals surface area contributed by atoms with Gasteiger partial charge in [0.1, 0.15) is 0 Å². The number of esters is 1. The molecule has 1 amide bonds. The van der Waals surface area contributed by atoms with Crippen LogP contribution in [-0.2, 0) is 27.4 Å². The van der Waals surface area contributed by atoms with Crippen LogP contribution in [0.1, 0.15) is 42.3 Å². The summed E-state index contributed by atoms with van der Waals surface area (Å²) in [6.45, 7) is 6.21. The van der Waals surface area contributed by atoms with Gasteiger partial charge in [0.25, 0.3) is 5.91 Å². The number of nitrogens with one attached hydrogen (secondary N) is 1. The van der Waals surface area contributed by atoms with E-state index in [1.165, 1.54) is 6.92 Å². The van der Waals surface area contributed by atoms with E-state index in [1.54, 1.807) is 30.3 Å². The highest BCUT2D eigenvalue weighted by molar-refractivity contribution is 6.31. The van der Waals surface area contributed by atoms with Crippen molar-refractivity contribution < 1.29 is 19.1 Å². The molecule has 1 N–H and O–H groups in total. The van der Waals surface area contributed by atoms with Gasteiger partial charge in [-0.2, -0.15) is 0 Å². The molecule has 5 nitrogen and oxygen atoms in total. The van der Waals surface area contributed by atoms with E-state index in [0.29, 0.717) is 17.2 Å². The molecule has 0 saturated carbocycles. The van der Waals surface area contributed by atoms with Crippen LogP contribution < -0.4 is 5.32 Å². The van der Waals surface area contributed by atoms with E-state index in [4.69, 9.17) is 21.1 Å². The highest BCUT2D eigenvalue weighted by atomic mass is 35.5. The SMILES string of the molecule is CC(C)OCc1ccc(C(=O)O[C@H](C)C(=O)NCc2ccccc2Cl)cc1. The minimum absolute atomic E-state index is 0.139. The molecule has 27 heavy (non-hydrogen) atoms. The molecule has 0 saturated heterocycles. The Labute approximate surface area is 164 Å². The van der Waals surface area contributed by atoms with E-state index < -0.39 is 12.1 Å². The summed E-state index contributed by atoms with van der Waals surface area (Å²) in [4.78, 5) is 24.4. The van der Waals surface area contributed by atoms with Crippen LogP contribution in [0.15, 0.2) is 48.5 Å². The summed E-state index contributed by atoms with van der Waals surface area (Å²) in [6, 6.07) is 14.2. The maximum Gasteiger partial charge on any atom is 0.338 e. The Hall–Kier alpha value is -2.37. The van der Waals surface area contributed by atoms with Gasteiger partial charge in [-0.1, -0.05) is 41.9 Å². The van der Waals surface area contributed by atoms with Gasteiger partial charge < -0.3 is 14.8 Å². The average Bonchev–Trinajstić information content (AvgIpc) is 2.65. The second-order valence-electron chi connectivity index (χ2n) is 6.41. The van der Waals surface area contributed by atoms with Gasteiger partial charge in [-0.05, 0) is 50.1 Å². The topological polar surface area (TPSA) is 64.6 Å². The molecule has 0 fully saturated rings. The number of ether oxygens (including phenoxy) is 2. The average molecular weight is 390 g/mol. The van der Waals surface area contributed by atoms with E-state index in [1.807, 2.05) is 32.0 Å². The van der Waals surface area contributed by atoms with Crippen LogP contribution in [0.3, 0.4) is 0 Å². The molecule has 1 atom stereocenters. The summed E-state index contributed by atoms with van der Waals surface area (Å²) >= 11 is 6.06. The monoisotopic (exact) mass is 389 g/mol. The number of hydrogen-bond donors (Lipinski definition) is 1. The summed E-state index contributed by atoms with van der Waals surface area (Å²) in [7, 11) is 0. The molecule has 6 heteroatoms. The van der Waals surface area contributed by atoms with E-state index in [9.17, 15) is 9.59 Å². The number of rotatable bonds is 8. The van der Waals surface area contributed by atoms with Crippen LogP contribution in [0.25, 0.3) is 0 Å². The first-order valence-electron chi connectivity index (χ1n) is 8.79. The molecule has 0 aliphatic heterocycles. The molecule has 0 unspecified atom stereocenters. The van der Waals surface area contributed by atoms with Crippen LogP contribution >= 0.6 is 11.6 Å². The molecule has 2 aromatic carbocycles. The Morgan fingerprint density at radius 2 is 1.70 bits per heavy atom. The lowest BCUT2D eigenvalue weighted by Gasteiger charge is -2.14. The standard InChI is InChI=1S/C21H24ClNO4/c1-14(2)26-13-16-8-10-17(11-9-16)21(25)27-15(3)20(24)23-12-18-6-4-5-7-19(18)22/h4-11,14-15H,12-13H2,1-3H3,(H,23,24)/t15-/m1/s1. The summed E-state index contributed by atoms with van der Waals surface area (Å²) in [5.74, 6) is -0.933. The minimum atomic E-state index is -0.913. The quantitative estimate of drug-likeness (QED) is 0.689. The Morgan fingerprint density at radius 3 is 2.33 bits per heavy atom. The molecule has 2 aromatic rings. The van der Waals surface area contributed by atoms with E-state index in [-0.39, 0.29) is 18.6 Å². The van der Waals surface area contributed by atoms with Crippen LogP contribution in [0, 0.1) is 0 Å². The molecular formula is C21H24ClNO4. The summed E-state index contributed by atoms with van der Waals surface area (Å²) < 4.78 is 10.8. The minimum Gasteiger partial charge on any atom is -0.449 e. The summed E-state index contributed by atoms with van der Waals surface area (Å²) in [5.41, 5.74) is 2.14. The highest BCUT2D eigenvalue weighted by Crippen LogP contribution is 2.14. The van der Waals surface area contributed by atoms with Gasteiger partial charge in [0.2, 0.25) is 0 Å². The fourth-order valence-corrected chi connectivity index (χ4v) is 2.45. The molecule has 144 valence electrons. The van der Waals surface area contributed by atoms with Gasteiger partial charge in [0, 0.05) is 11.6 Å². The maximum absolute atomic E-state index is 12.2. The zero-order chi connectivity index (χ0) is 19.8. The number of benzene rings is 2. The second-order valence-corrected chi connectivity index (χ2v) is 6.82. The first-order valence-corrected chi connectivity index (χ1v) is 9.17. The Morgan fingerprint density at radius 1 is 1.04 bits per heavy atom. The maximum atomic E-state index is 12.2. The zero-order valence-electron chi connectivity index (χ0n) is 15.7. The molecular weight excluding hydrogens is 366 g/mol. The van der Waals surface area contributed by atoms with Gasteiger partial charge in [0.15, 0.2) is 6.10 Å². The van der Waals surface area contributed by atoms with Gasteiger partial charge >= 0.3 is 5.97 Å². The molecule has 0 heterocycles. The fourth-order valence-electron chi connectivity index (χ4n) is 2.25. The van der Waals surface area contributed by atoms with Crippen molar-refractivity contribution in [3.63, 3.8) is 0 Å². The second kappa shape index (κ2) is 10.1. The normalized spacial score (nSPS) is 11.9. The Bertz CT molecular complexity index is 774. The van der Waals surface area contributed by atoms with E-state index >= 15 is 0 Å². The molecule has 0 bridgehead atoms. The number of halogens is 1. The molecule has 0 radical (unpaired) electrons. The van der Waals surface area contributed by atoms with Crippen LogP contribution in [-0.4, -0.2) is 24.1 Å².